The van der Waals surface area contributed by atoms with E-state index in [1.165, 1.54) is 24.8 Å². The van der Waals surface area contributed by atoms with Crippen LogP contribution in [0.2, 0.25) is 5.02 Å². The first-order valence-electron chi connectivity index (χ1n) is 6.71. The van der Waals surface area contributed by atoms with Crippen LogP contribution in [-0.4, -0.2) is 20.2 Å². The highest BCUT2D eigenvalue weighted by Gasteiger charge is 2.07. The number of methoxy groups -OCH3 is 1. The summed E-state index contributed by atoms with van der Waals surface area (Å²) in [5.74, 6) is 0.941. The van der Waals surface area contributed by atoms with Gasteiger partial charge in [-0.15, -0.1) is 0 Å². The average molecular weight is 270 g/mol. The normalized spacial score (nSPS) is 12.4. The van der Waals surface area contributed by atoms with E-state index in [9.17, 15) is 0 Å². The predicted octanol–water partition coefficient (Wildman–Crippen LogP) is 4.06. The summed E-state index contributed by atoms with van der Waals surface area (Å²) in [4.78, 5) is 0. The van der Waals surface area contributed by atoms with E-state index >= 15 is 0 Å². The van der Waals surface area contributed by atoms with E-state index in [1.54, 1.807) is 7.11 Å². The number of hydrogen-bond donors (Lipinski definition) is 1. The summed E-state index contributed by atoms with van der Waals surface area (Å²) in [6.07, 6.45) is 5.84. The summed E-state index contributed by atoms with van der Waals surface area (Å²) in [6, 6.07) is 6.45. The van der Waals surface area contributed by atoms with E-state index in [0.717, 1.165) is 23.6 Å². The molecule has 0 heterocycles. The van der Waals surface area contributed by atoms with Gasteiger partial charge in [0.2, 0.25) is 0 Å². The molecule has 0 spiro atoms. The molecule has 1 atom stereocenters. The molecule has 2 nitrogen and oxygen atoms in total. The van der Waals surface area contributed by atoms with E-state index in [-0.39, 0.29) is 0 Å². The average Bonchev–Trinajstić information content (AvgIpc) is 2.38. The molecule has 0 aliphatic heterocycles. The lowest BCUT2D eigenvalue weighted by atomic mass is 10.0. The summed E-state index contributed by atoms with van der Waals surface area (Å²) in [5.41, 5.74) is 1.20. The van der Waals surface area contributed by atoms with Gasteiger partial charge in [0.15, 0.2) is 0 Å². The predicted molar refractivity (Wildman–Crippen MR) is 78.7 cm³/mol. The minimum Gasteiger partial charge on any atom is -0.496 e. The van der Waals surface area contributed by atoms with Gasteiger partial charge in [0.05, 0.1) is 7.11 Å². The maximum absolute atomic E-state index is 6.02. The van der Waals surface area contributed by atoms with Crippen LogP contribution >= 0.6 is 11.6 Å². The number of benzene rings is 1. The molecule has 0 aliphatic carbocycles. The highest BCUT2D eigenvalue weighted by atomic mass is 35.5. The van der Waals surface area contributed by atoms with Gasteiger partial charge in [0.25, 0.3) is 0 Å². The first-order chi connectivity index (χ1) is 8.71. The lowest BCUT2D eigenvalue weighted by Gasteiger charge is -2.15. The molecule has 0 bridgehead atoms. The van der Waals surface area contributed by atoms with Gasteiger partial charge in [-0.2, -0.15) is 0 Å². The molecule has 0 amide bonds. The molecule has 1 rings (SSSR count). The zero-order valence-corrected chi connectivity index (χ0v) is 12.4. The molecular weight excluding hydrogens is 246 g/mol. The second-order valence-corrected chi connectivity index (χ2v) is 5.06. The zero-order chi connectivity index (χ0) is 13.4. The van der Waals surface area contributed by atoms with Gasteiger partial charge in [-0.25, -0.2) is 0 Å². The smallest absolute Gasteiger partial charge is 0.122 e. The van der Waals surface area contributed by atoms with Crippen LogP contribution in [0.3, 0.4) is 0 Å². The summed E-state index contributed by atoms with van der Waals surface area (Å²) in [6.45, 7) is 2.23. The molecule has 1 N–H and O–H groups in total. The highest BCUT2D eigenvalue weighted by molar-refractivity contribution is 6.30. The maximum atomic E-state index is 6.02. The Hall–Kier alpha value is -0.730. The minimum atomic E-state index is 0.625. The third-order valence-electron chi connectivity index (χ3n) is 3.29. The molecule has 0 radical (unpaired) electrons. The van der Waals surface area contributed by atoms with E-state index in [0.29, 0.717) is 6.04 Å². The molecule has 102 valence electrons. The van der Waals surface area contributed by atoms with Crippen molar-refractivity contribution in [1.29, 1.82) is 0 Å². The molecule has 0 aliphatic rings. The highest BCUT2D eigenvalue weighted by Crippen LogP contribution is 2.24. The summed E-state index contributed by atoms with van der Waals surface area (Å²) >= 11 is 6.02. The Kier molecular flexibility index (Phi) is 7.14. The monoisotopic (exact) mass is 269 g/mol. The van der Waals surface area contributed by atoms with Crippen LogP contribution in [0.15, 0.2) is 18.2 Å². The summed E-state index contributed by atoms with van der Waals surface area (Å²) in [5, 5.41) is 4.15. The molecule has 1 unspecified atom stereocenters. The van der Waals surface area contributed by atoms with E-state index in [1.807, 2.05) is 25.2 Å². The summed E-state index contributed by atoms with van der Waals surface area (Å²) in [7, 11) is 3.75. The van der Waals surface area contributed by atoms with Crippen LogP contribution < -0.4 is 10.1 Å². The van der Waals surface area contributed by atoms with Gasteiger partial charge in [-0.05, 0) is 56.5 Å². The second kappa shape index (κ2) is 8.39. The number of ether oxygens (including phenoxy) is 1. The molecule has 0 aromatic heterocycles. The SMILES string of the molecule is CCCC(CCCc1cc(Cl)ccc1OC)NC. The van der Waals surface area contributed by atoms with E-state index in [2.05, 4.69) is 12.2 Å². The Bertz CT molecular complexity index is 354. The summed E-state index contributed by atoms with van der Waals surface area (Å²) < 4.78 is 5.36. The van der Waals surface area contributed by atoms with Crippen molar-refractivity contribution in [1.82, 2.24) is 5.32 Å². The molecule has 18 heavy (non-hydrogen) atoms. The van der Waals surface area contributed by atoms with Crippen molar-refractivity contribution in [3.05, 3.63) is 28.8 Å². The van der Waals surface area contributed by atoms with E-state index < -0.39 is 0 Å². The van der Waals surface area contributed by atoms with Crippen LogP contribution in [0, 0.1) is 0 Å². The molecule has 0 saturated carbocycles. The number of rotatable bonds is 8. The largest absolute Gasteiger partial charge is 0.496 e. The van der Waals surface area contributed by atoms with Crippen molar-refractivity contribution in [3.63, 3.8) is 0 Å². The quantitative estimate of drug-likeness (QED) is 0.768. The minimum absolute atomic E-state index is 0.625. The van der Waals surface area contributed by atoms with Crippen molar-refractivity contribution in [2.24, 2.45) is 0 Å². The fourth-order valence-corrected chi connectivity index (χ4v) is 2.46. The fraction of sp³-hybridized carbons (Fsp3) is 0.600. The van der Waals surface area contributed by atoms with Gasteiger partial charge in [-0.3, -0.25) is 0 Å². The van der Waals surface area contributed by atoms with Crippen LogP contribution in [-0.2, 0) is 6.42 Å². The van der Waals surface area contributed by atoms with Crippen molar-refractivity contribution in [2.45, 2.75) is 45.1 Å². The van der Waals surface area contributed by atoms with Gasteiger partial charge >= 0.3 is 0 Å². The first kappa shape index (κ1) is 15.3. The maximum Gasteiger partial charge on any atom is 0.122 e. The number of aryl methyl sites for hydroxylation is 1. The number of nitrogens with one attached hydrogen (secondary N) is 1. The lowest BCUT2D eigenvalue weighted by Crippen LogP contribution is -2.24. The van der Waals surface area contributed by atoms with Gasteiger partial charge in [0, 0.05) is 11.1 Å². The Labute approximate surface area is 116 Å². The van der Waals surface area contributed by atoms with Crippen molar-refractivity contribution in [3.8, 4) is 5.75 Å². The molecule has 1 aromatic carbocycles. The first-order valence-corrected chi connectivity index (χ1v) is 7.08. The molecular formula is C15H24ClNO. The topological polar surface area (TPSA) is 21.3 Å². The zero-order valence-electron chi connectivity index (χ0n) is 11.6. The Morgan fingerprint density at radius 3 is 2.72 bits per heavy atom. The molecule has 1 aromatic rings. The van der Waals surface area contributed by atoms with Crippen LogP contribution in [0.25, 0.3) is 0 Å². The third-order valence-corrected chi connectivity index (χ3v) is 3.52. The second-order valence-electron chi connectivity index (χ2n) is 4.62. The van der Waals surface area contributed by atoms with Gasteiger partial charge in [-0.1, -0.05) is 24.9 Å². The van der Waals surface area contributed by atoms with E-state index in [4.69, 9.17) is 16.3 Å². The standard InChI is InChI=1S/C15H24ClNO/c1-4-6-14(17-2)8-5-7-12-11-13(16)9-10-15(12)18-3/h9-11,14,17H,4-8H2,1-3H3. The molecule has 0 saturated heterocycles. The number of hydrogen-bond acceptors (Lipinski definition) is 2. The van der Waals surface area contributed by atoms with Crippen LogP contribution in [0.1, 0.15) is 38.2 Å². The van der Waals surface area contributed by atoms with Crippen molar-refractivity contribution in [2.75, 3.05) is 14.2 Å². The van der Waals surface area contributed by atoms with Gasteiger partial charge in [0.1, 0.15) is 5.75 Å². The van der Waals surface area contributed by atoms with Gasteiger partial charge < -0.3 is 10.1 Å². The Morgan fingerprint density at radius 1 is 1.33 bits per heavy atom. The molecule has 3 heteroatoms. The van der Waals surface area contributed by atoms with Crippen molar-refractivity contribution < 1.29 is 4.74 Å². The van der Waals surface area contributed by atoms with Crippen LogP contribution in [0.4, 0.5) is 0 Å². The Morgan fingerprint density at radius 2 is 2.11 bits per heavy atom. The van der Waals surface area contributed by atoms with Crippen LogP contribution in [0.5, 0.6) is 5.75 Å². The number of halogens is 1. The third kappa shape index (κ3) is 4.87. The lowest BCUT2D eigenvalue weighted by molar-refractivity contribution is 0.407. The Balaban J connectivity index is 2.49. The van der Waals surface area contributed by atoms with Crippen molar-refractivity contribution >= 4 is 11.6 Å². The fourth-order valence-electron chi connectivity index (χ4n) is 2.26. The molecule has 0 fully saturated rings.